The Morgan fingerprint density at radius 3 is 2.90 bits per heavy atom. The van der Waals surface area contributed by atoms with Crippen molar-refractivity contribution in [3.8, 4) is 17.1 Å². The van der Waals surface area contributed by atoms with E-state index in [-0.39, 0.29) is 0 Å². The molecule has 0 saturated carbocycles. The maximum absolute atomic E-state index is 11.4. The number of nitrogens with zero attached hydrogens (tertiary/aromatic N) is 2. The van der Waals surface area contributed by atoms with Crippen LogP contribution in [0.3, 0.4) is 0 Å². The molecule has 0 fully saturated rings. The number of hydrogen-bond acceptors (Lipinski definition) is 4. The lowest BCUT2D eigenvalue weighted by molar-refractivity contribution is 0.0997. The van der Waals surface area contributed by atoms with E-state index in [0.29, 0.717) is 17.1 Å². The zero-order valence-electron chi connectivity index (χ0n) is 10.8. The number of ether oxygens (including phenoxy) is 1. The third kappa shape index (κ3) is 1.97. The molecule has 3 N–H and O–H groups in total. The largest absolute Gasteiger partial charge is 0.496 e. The predicted molar refractivity (Wildman–Crippen MR) is 74.4 cm³/mol. The fraction of sp³-hybridized carbons (Fsp3) is 0.0714. The highest BCUT2D eigenvalue weighted by atomic mass is 16.5. The molecule has 3 rings (SSSR count). The van der Waals surface area contributed by atoms with E-state index in [1.807, 2.05) is 12.1 Å². The average molecular weight is 268 g/mol. The van der Waals surface area contributed by atoms with Gasteiger partial charge in [-0.3, -0.25) is 9.78 Å². The van der Waals surface area contributed by atoms with Crippen LogP contribution in [0.15, 0.2) is 36.7 Å². The number of nitrogens with one attached hydrogen (secondary N) is 1. The molecule has 2 heterocycles. The van der Waals surface area contributed by atoms with Crippen LogP contribution in [-0.4, -0.2) is 28.0 Å². The van der Waals surface area contributed by atoms with Gasteiger partial charge in [0.05, 0.1) is 29.9 Å². The van der Waals surface area contributed by atoms with E-state index in [9.17, 15) is 4.79 Å². The van der Waals surface area contributed by atoms with E-state index < -0.39 is 5.91 Å². The number of nitrogens with two attached hydrogens (primary N) is 1. The molecule has 1 amide bonds. The fourth-order valence-electron chi connectivity index (χ4n) is 2.04. The van der Waals surface area contributed by atoms with Crippen molar-refractivity contribution in [3.63, 3.8) is 0 Å². The van der Waals surface area contributed by atoms with Crippen LogP contribution in [0.25, 0.3) is 22.4 Å². The minimum Gasteiger partial charge on any atom is -0.496 e. The van der Waals surface area contributed by atoms with Gasteiger partial charge in [-0.1, -0.05) is 0 Å². The smallest absolute Gasteiger partial charge is 0.252 e. The number of carbonyl (C=O) groups is 1. The van der Waals surface area contributed by atoms with Crippen molar-refractivity contribution in [1.82, 2.24) is 15.0 Å². The Morgan fingerprint density at radius 2 is 2.20 bits per heavy atom. The Balaban J connectivity index is 2.14. The molecule has 0 aliphatic carbocycles. The van der Waals surface area contributed by atoms with Gasteiger partial charge in [0, 0.05) is 11.8 Å². The monoisotopic (exact) mass is 268 g/mol. The van der Waals surface area contributed by atoms with Crippen molar-refractivity contribution in [1.29, 1.82) is 0 Å². The van der Waals surface area contributed by atoms with Gasteiger partial charge in [0.25, 0.3) is 5.91 Å². The van der Waals surface area contributed by atoms with Crippen molar-refractivity contribution >= 4 is 16.9 Å². The highest BCUT2D eigenvalue weighted by Gasteiger charge is 2.12. The minimum absolute atomic E-state index is 0.323. The second-order valence-corrected chi connectivity index (χ2v) is 4.26. The molecule has 0 atom stereocenters. The van der Waals surface area contributed by atoms with E-state index in [0.717, 1.165) is 16.6 Å². The highest BCUT2D eigenvalue weighted by molar-refractivity contribution is 5.97. The zero-order valence-corrected chi connectivity index (χ0v) is 10.8. The van der Waals surface area contributed by atoms with E-state index in [4.69, 9.17) is 10.5 Å². The molecule has 0 spiro atoms. The first-order chi connectivity index (χ1) is 9.69. The lowest BCUT2D eigenvalue weighted by atomic mass is 10.1. The minimum atomic E-state index is -0.540. The van der Waals surface area contributed by atoms with Crippen LogP contribution in [0.4, 0.5) is 0 Å². The summed E-state index contributed by atoms with van der Waals surface area (Å²) in [6, 6.07) is 6.98. The summed E-state index contributed by atoms with van der Waals surface area (Å²) < 4.78 is 5.11. The molecule has 0 bridgehead atoms. The number of carbonyl (C=O) groups excluding carboxylic acids is 1. The maximum Gasteiger partial charge on any atom is 0.252 e. The lowest BCUT2D eigenvalue weighted by Crippen LogP contribution is -2.12. The summed E-state index contributed by atoms with van der Waals surface area (Å²) in [4.78, 5) is 23.1. The number of aromatic amines is 1. The molecule has 0 saturated heterocycles. The van der Waals surface area contributed by atoms with Gasteiger partial charge in [-0.15, -0.1) is 0 Å². The summed E-state index contributed by atoms with van der Waals surface area (Å²) in [6.45, 7) is 0. The predicted octanol–water partition coefficient (Wildman–Crippen LogP) is 1.73. The van der Waals surface area contributed by atoms with Crippen molar-refractivity contribution in [3.05, 3.63) is 42.2 Å². The number of aromatic nitrogens is 3. The van der Waals surface area contributed by atoms with Crippen LogP contribution in [0.2, 0.25) is 0 Å². The number of methoxy groups -OCH3 is 1. The van der Waals surface area contributed by atoms with Crippen LogP contribution < -0.4 is 10.5 Å². The van der Waals surface area contributed by atoms with E-state index in [1.54, 1.807) is 24.5 Å². The second kappa shape index (κ2) is 4.65. The Kier molecular flexibility index (Phi) is 2.83. The number of pyridine rings is 1. The third-order valence-corrected chi connectivity index (χ3v) is 3.02. The molecule has 0 radical (unpaired) electrons. The first kappa shape index (κ1) is 12.2. The quantitative estimate of drug-likeness (QED) is 0.756. The van der Waals surface area contributed by atoms with Gasteiger partial charge >= 0.3 is 0 Å². The summed E-state index contributed by atoms with van der Waals surface area (Å²) in [5, 5.41) is 0. The summed E-state index contributed by atoms with van der Waals surface area (Å²) >= 11 is 0. The number of amides is 1. The zero-order chi connectivity index (χ0) is 14.1. The van der Waals surface area contributed by atoms with Crippen LogP contribution in [0.1, 0.15) is 10.4 Å². The lowest BCUT2D eigenvalue weighted by Gasteiger charge is -2.06. The van der Waals surface area contributed by atoms with E-state index in [2.05, 4.69) is 15.0 Å². The van der Waals surface area contributed by atoms with Gasteiger partial charge in [0.2, 0.25) is 0 Å². The van der Waals surface area contributed by atoms with E-state index >= 15 is 0 Å². The highest BCUT2D eigenvalue weighted by Crippen LogP contribution is 2.26. The molecule has 100 valence electrons. The SMILES string of the molecule is COc1ccc(-c2nc3ccncc3[nH]2)cc1C(N)=O. The summed E-state index contributed by atoms with van der Waals surface area (Å²) in [5.41, 5.74) is 8.08. The number of imidazole rings is 1. The van der Waals surface area contributed by atoms with Crippen LogP contribution in [0, 0.1) is 0 Å². The van der Waals surface area contributed by atoms with Crippen LogP contribution >= 0.6 is 0 Å². The Hall–Kier alpha value is -2.89. The Morgan fingerprint density at radius 1 is 1.35 bits per heavy atom. The first-order valence-electron chi connectivity index (χ1n) is 5.97. The molecule has 0 aliphatic rings. The van der Waals surface area contributed by atoms with Crippen molar-refractivity contribution in [2.24, 2.45) is 5.73 Å². The van der Waals surface area contributed by atoms with Crippen LogP contribution in [0.5, 0.6) is 5.75 Å². The molecule has 2 aromatic heterocycles. The standard InChI is InChI=1S/C14H12N4O2/c1-20-12-3-2-8(6-9(12)13(15)19)14-17-10-4-5-16-7-11(10)18-14/h2-7H,1H3,(H2,15,19)(H,17,18). The second-order valence-electron chi connectivity index (χ2n) is 4.26. The Bertz CT molecular complexity index is 762. The van der Waals surface area contributed by atoms with Crippen molar-refractivity contribution < 1.29 is 9.53 Å². The molecular weight excluding hydrogens is 256 g/mol. The summed E-state index contributed by atoms with van der Waals surface area (Å²) in [5.74, 6) is 0.554. The molecule has 3 aromatic rings. The van der Waals surface area contributed by atoms with Crippen LogP contribution in [-0.2, 0) is 0 Å². The third-order valence-electron chi connectivity index (χ3n) is 3.02. The molecule has 6 heteroatoms. The first-order valence-corrected chi connectivity index (χ1v) is 5.97. The number of benzene rings is 1. The van der Waals surface area contributed by atoms with Gasteiger partial charge in [-0.25, -0.2) is 4.98 Å². The van der Waals surface area contributed by atoms with Gasteiger partial charge < -0.3 is 15.5 Å². The number of hydrogen-bond donors (Lipinski definition) is 2. The summed E-state index contributed by atoms with van der Waals surface area (Å²) in [6.07, 6.45) is 3.38. The van der Waals surface area contributed by atoms with E-state index in [1.165, 1.54) is 7.11 Å². The van der Waals surface area contributed by atoms with Gasteiger partial charge in [-0.05, 0) is 24.3 Å². The molecule has 20 heavy (non-hydrogen) atoms. The number of rotatable bonds is 3. The average Bonchev–Trinajstić information content (AvgIpc) is 2.90. The molecule has 1 aromatic carbocycles. The molecule has 0 aliphatic heterocycles. The number of H-pyrrole nitrogens is 1. The molecule has 6 nitrogen and oxygen atoms in total. The molecular formula is C14H12N4O2. The summed E-state index contributed by atoms with van der Waals surface area (Å²) in [7, 11) is 1.49. The molecule has 0 unspecified atom stereocenters. The topological polar surface area (TPSA) is 93.9 Å². The maximum atomic E-state index is 11.4. The van der Waals surface area contributed by atoms with Crippen molar-refractivity contribution in [2.45, 2.75) is 0 Å². The van der Waals surface area contributed by atoms with Gasteiger partial charge in [-0.2, -0.15) is 0 Å². The Labute approximate surface area is 114 Å². The number of fused-ring (bicyclic) bond motifs is 1. The van der Waals surface area contributed by atoms with Gasteiger partial charge in [0.15, 0.2) is 0 Å². The normalized spacial score (nSPS) is 10.7. The number of primary amides is 1. The van der Waals surface area contributed by atoms with Gasteiger partial charge in [0.1, 0.15) is 11.6 Å². The fourth-order valence-corrected chi connectivity index (χ4v) is 2.04. The van der Waals surface area contributed by atoms with Crippen molar-refractivity contribution in [2.75, 3.05) is 7.11 Å².